The van der Waals surface area contributed by atoms with Crippen molar-refractivity contribution in [2.24, 2.45) is 0 Å². The van der Waals surface area contributed by atoms with E-state index < -0.39 is 47.4 Å². The molecule has 1 saturated heterocycles. The van der Waals surface area contributed by atoms with Crippen molar-refractivity contribution in [1.29, 1.82) is 0 Å². The Morgan fingerprint density at radius 3 is 2.26 bits per heavy atom. The van der Waals surface area contributed by atoms with Crippen LogP contribution in [0.3, 0.4) is 0 Å². The van der Waals surface area contributed by atoms with Crippen molar-refractivity contribution in [2.75, 3.05) is 33.9 Å². The highest BCUT2D eigenvalue weighted by molar-refractivity contribution is 5.75. The van der Waals surface area contributed by atoms with Crippen LogP contribution in [0.2, 0.25) is 0 Å². The summed E-state index contributed by atoms with van der Waals surface area (Å²) in [4.78, 5) is 16.4. The van der Waals surface area contributed by atoms with E-state index in [-0.39, 0.29) is 24.2 Å². The van der Waals surface area contributed by atoms with Gasteiger partial charge in [0.1, 0.15) is 5.82 Å². The first-order chi connectivity index (χ1) is 18.1. The minimum Gasteiger partial charge on any atom is -0.383 e. The number of carbonyl (C=O) groups excluding carboxylic acids is 1. The lowest BCUT2D eigenvalue weighted by Crippen LogP contribution is -2.51. The van der Waals surface area contributed by atoms with Crippen LogP contribution in [-0.4, -0.2) is 55.7 Å². The van der Waals surface area contributed by atoms with Crippen LogP contribution in [0.1, 0.15) is 59.7 Å². The lowest BCUT2D eigenvalue weighted by Gasteiger charge is -2.43. The number of likely N-dealkylation sites (tertiary alicyclic amines) is 1. The fourth-order valence-electron chi connectivity index (χ4n) is 4.86. The Bertz CT molecular complexity index is 1120. The number of aryl methyl sites for hydroxylation is 1. The molecule has 1 fully saturated rings. The number of ether oxygens (including phenoxy) is 1. The second kappa shape index (κ2) is 12.1. The fourth-order valence-corrected chi connectivity index (χ4v) is 4.86. The highest BCUT2D eigenvalue weighted by atomic mass is 19.4. The molecule has 3 rings (SSSR count). The van der Waals surface area contributed by atoms with Gasteiger partial charge in [0.15, 0.2) is 0 Å². The third-order valence-corrected chi connectivity index (χ3v) is 7.15. The molecule has 0 saturated carbocycles. The van der Waals surface area contributed by atoms with Crippen LogP contribution in [-0.2, 0) is 17.1 Å². The number of rotatable bonds is 7. The van der Waals surface area contributed by atoms with E-state index in [1.807, 2.05) is 0 Å². The zero-order chi connectivity index (χ0) is 29.1. The molecular formula is C27H32F7N3O2. The number of piperidine rings is 1. The molecule has 1 aliphatic heterocycles. The number of alkyl halides is 6. The second-order valence-electron chi connectivity index (χ2n) is 9.79. The maximum absolute atomic E-state index is 13.8. The Kier molecular flexibility index (Phi) is 9.53. The number of hydrogen-bond donors (Lipinski definition) is 1. The average molecular weight is 564 g/mol. The Hall–Kier alpha value is -2.86. The minimum atomic E-state index is -5.00. The second-order valence-corrected chi connectivity index (χ2v) is 9.79. The summed E-state index contributed by atoms with van der Waals surface area (Å²) in [5, 5.41) is 3.37. The van der Waals surface area contributed by atoms with E-state index in [1.165, 1.54) is 26.1 Å². The van der Waals surface area contributed by atoms with E-state index in [4.69, 9.17) is 4.74 Å². The summed E-state index contributed by atoms with van der Waals surface area (Å²) >= 11 is 0. The molecule has 2 aromatic carbocycles. The topological polar surface area (TPSA) is 44.8 Å². The van der Waals surface area contributed by atoms with Gasteiger partial charge in [-0.2, -0.15) is 26.3 Å². The van der Waals surface area contributed by atoms with Crippen LogP contribution in [0.15, 0.2) is 36.4 Å². The van der Waals surface area contributed by atoms with Gasteiger partial charge in [-0.25, -0.2) is 9.18 Å². The Balaban J connectivity index is 1.93. The zero-order valence-corrected chi connectivity index (χ0v) is 22.1. The van der Waals surface area contributed by atoms with Gasteiger partial charge in [-0.1, -0.05) is 6.07 Å². The van der Waals surface area contributed by atoms with Crippen LogP contribution in [0, 0.1) is 12.7 Å². The molecule has 0 bridgehead atoms. The van der Waals surface area contributed by atoms with E-state index in [0.29, 0.717) is 49.3 Å². The molecule has 5 nitrogen and oxygen atoms in total. The minimum absolute atomic E-state index is 0.0131. The first-order valence-electron chi connectivity index (χ1n) is 12.4. The number of amides is 2. The predicted molar refractivity (Wildman–Crippen MR) is 132 cm³/mol. The summed E-state index contributed by atoms with van der Waals surface area (Å²) < 4.78 is 99.3. The zero-order valence-electron chi connectivity index (χ0n) is 22.1. The molecule has 1 N–H and O–H groups in total. The lowest BCUT2D eigenvalue weighted by atomic mass is 9.89. The quantitative estimate of drug-likeness (QED) is 0.300. The summed E-state index contributed by atoms with van der Waals surface area (Å²) in [5.74, 6) is -0.435. The van der Waals surface area contributed by atoms with Gasteiger partial charge in [-0.05, 0) is 73.7 Å². The van der Waals surface area contributed by atoms with Gasteiger partial charge in [0, 0.05) is 33.3 Å². The highest BCUT2D eigenvalue weighted by Crippen LogP contribution is 2.39. The van der Waals surface area contributed by atoms with Crippen molar-refractivity contribution < 1.29 is 40.3 Å². The summed E-state index contributed by atoms with van der Waals surface area (Å²) in [6, 6.07) is 3.44. The number of halogens is 7. The summed E-state index contributed by atoms with van der Waals surface area (Å²) in [5.41, 5.74) is -1.84. The van der Waals surface area contributed by atoms with Crippen LogP contribution >= 0.6 is 0 Å². The molecule has 1 heterocycles. The van der Waals surface area contributed by atoms with E-state index >= 15 is 0 Å². The Morgan fingerprint density at radius 2 is 1.72 bits per heavy atom. The van der Waals surface area contributed by atoms with Gasteiger partial charge in [-0.15, -0.1) is 0 Å². The monoisotopic (exact) mass is 563 g/mol. The SMILES string of the molecule is COCCNC1CCN(C(=O)N(C)[C@H](C)c2cc(C(F)(F)F)cc(C(F)(F)F)c2)C(c2ccc(F)cc2C)C1. The van der Waals surface area contributed by atoms with Crippen molar-refractivity contribution in [3.63, 3.8) is 0 Å². The molecule has 2 amide bonds. The summed E-state index contributed by atoms with van der Waals surface area (Å²) in [6.07, 6.45) is -8.95. The van der Waals surface area contributed by atoms with Crippen LogP contribution in [0.4, 0.5) is 35.5 Å². The van der Waals surface area contributed by atoms with Gasteiger partial charge in [0.05, 0.1) is 29.8 Å². The number of carbonyl (C=O) groups is 1. The molecule has 12 heteroatoms. The molecule has 1 aliphatic rings. The number of nitrogens with one attached hydrogen (secondary N) is 1. The molecule has 3 atom stereocenters. The van der Waals surface area contributed by atoms with Crippen molar-refractivity contribution in [3.8, 4) is 0 Å². The first kappa shape index (κ1) is 30.7. The fraction of sp³-hybridized carbons (Fsp3) is 0.519. The number of hydrogen-bond acceptors (Lipinski definition) is 3. The van der Waals surface area contributed by atoms with E-state index in [9.17, 15) is 35.5 Å². The molecule has 0 aliphatic carbocycles. The number of urea groups is 1. The first-order valence-corrected chi connectivity index (χ1v) is 12.4. The van der Waals surface area contributed by atoms with Crippen LogP contribution in [0.5, 0.6) is 0 Å². The molecule has 39 heavy (non-hydrogen) atoms. The van der Waals surface area contributed by atoms with Crippen molar-refractivity contribution in [2.45, 2.75) is 57.2 Å². The molecule has 0 spiro atoms. The Labute approximate surface area is 222 Å². The smallest absolute Gasteiger partial charge is 0.383 e. The molecule has 216 valence electrons. The normalized spacial score (nSPS) is 19.2. The van der Waals surface area contributed by atoms with Crippen molar-refractivity contribution in [3.05, 3.63) is 70.0 Å². The largest absolute Gasteiger partial charge is 0.416 e. The third kappa shape index (κ3) is 7.42. The standard InChI is InChI=1S/C27H32F7N3O2/c1-16-11-21(28)5-6-23(16)24-15-22(35-8-10-39-4)7-9-37(24)25(38)36(3)17(2)18-12-19(26(29,30)31)14-20(13-18)27(32,33)34/h5-6,11-14,17,22,24,35H,7-10,15H2,1-4H3/t17-,22?,24?/m1/s1. The van der Waals surface area contributed by atoms with Crippen molar-refractivity contribution in [1.82, 2.24) is 15.1 Å². The van der Waals surface area contributed by atoms with Gasteiger partial charge < -0.3 is 19.9 Å². The van der Waals surface area contributed by atoms with E-state index in [1.54, 1.807) is 25.0 Å². The van der Waals surface area contributed by atoms with E-state index in [2.05, 4.69) is 5.32 Å². The maximum Gasteiger partial charge on any atom is 0.416 e. The summed E-state index contributed by atoms with van der Waals surface area (Å²) in [7, 11) is 2.92. The van der Waals surface area contributed by atoms with Crippen LogP contribution < -0.4 is 5.32 Å². The Morgan fingerprint density at radius 1 is 1.10 bits per heavy atom. The van der Waals surface area contributed by atoms with E-state index in [0.717, 1.165) is 4.90 Å². The van der Waals surface area contributed by atoms with Gasteiger partial charge >= 0.3 is 18.4 Å². The molecule has 0 aromatic heterocycles. The summed E-state index contributed by atoms with van der Waals surface area (Å²) in [6.45, 7) is 4.44. The van der Waals surface area contributed by atoms with Crippen molar-refractivity contribution >= 4 is 6.03 Å². The van der Waals surface area contributed by atoms with Gasteiger partial charge in [0.2, 0.25) is 0 Å². The number of methoxy groups -OCH3 is 1. The van der Waals surface area contributed by atoms with Crippen LogP contribution in [0.25, 0.3) is 0 Å². The lowest BCUT2D eigenvalue weighted by molar-refractivity contribution is -0.143. The predicted octanol–water partition coefficient (Wildman–Crippen LogP) is 6.73. The molecule has 2 unspecified atom stereocenters. The molecular weight excluding hydrogens is 531 g/mol. The highest BCUT2D eigenvalue weighted by Gasteiger charge is 2.39. The number of nitrogens with zero attached hydrogens (tertiary/aromatic N) is 2. The molecule has 2 aromatic rings. The van der Waals surface area contributed by atoms with Gasteiger partial charge in [-0.3, -0.25) is 0 Å². The maximum atomic E-state index is 13.8. The number of benzene rings is 2. The molecule has 0 radical (unpaired) electrons. The third-order valence-electron chi connectivity index (χ3n) is 7.15. The average Bonchev–Trinajstić information content (AvgIpc) is 2.86. The van der Waals surface area contributed by atoms with Gasteiger partial charge in [0.25, 0.3) is 0 Å².